The predicted molar refractivity (Wildman–Crippen MR) is 243 cm³/mol. The molecule has 0 aliphatic rings. The van der Waals surface area contributed by atoms with Crippen molar-refractivity contribution in [1.29, 1.82) is 0 Å². The topological polar surface area (TPSA) is 68.2 Å². The zero-order chi connectivity index (χ0) is 40.8. The van der Waals surface area contributed by atoms with Gasteiger partial charge < -0.3 is 24.2 Å². The van der Waals surface area contributed by atoms with E-state index in [0.29, 0.717) is 32.2 Å². The molecule has 56 heavy (non-hydrogen) atoms. The van der Waals surface area contributed by atoms with E-state index in [4.69, 9.17) is 19.3 Å². The third kappa shape index (κ3) is 41.5. The fourth-order valence-corrected chi connectivity index (χ4v) is 8.14. The summed E-state index contributed by atoms with van der Waals surface area (Å²) in [6, 6.07) is 0. The van der Waals surface area contributed by atoms with Crippen LogP contribution < -0.4 is 0 Å². The lowest BCUT2D eigenvalue weighted by Crippen LogP contribution is -2.30. The smallest absolute Gasteiger partial charge is 0.306 e. The van der Waals surface area contributed by atoms with Crippen LogP contribution in [0.3, 0.4) is 0 Å². The number of aliphatic hydroxyl groups is 1. The molecule has 0 rings (SSSR count). The molecule has 6 heteroatoms. The highest BCUT2D eigenvalue weighted by molar-refractivity contribution is 5.69. The molecule has 0 amide bonds. The van der Waals surface area contributed by atoms with Crippen LogP contribution in [0.1, 0.15) is 246 Å². The number of nitrogens with zero attached hydrogens (tertiary/aromatic N) is 1. The molecule has 0 bridgehead atoms. The molecule has 0 aromatic rings. The lowest BCUT2D eigenvalue weighted by Gasteiger charge is -2.22. The van der Waals surface area contributed by atoms with Gasteiger partial charge in [0.25, 0.3) is 0 Å². The van der Waals surface area contributed by atoms with Crippen LogP contribution in [0.2, 0.25) is 0 Å². The largest absolute Gasteiger partial charge is 0.466 e. The van der Waals surface area contributed by atoms with Gasteiger partial charge in [0.2, 0.25) is 0 Å². The highest BCUT2D eigenvalue weighted by Gasteiger charge is 2.15. The standard InChI is InChI=1S/C50H101NO5/c1-5-9-13-17-19-27-34-48(33-25-15-11-7-3)37-44-54-42-31-23-21-29-38-51(40-45-55-46-41-52)39-30-22-24-32-43-56-50(53)47-49(35-26-16-12-8-4)36-28-20-18-14-10-6-2/h48-49,52H,5-47H2,1-4H3. The molecule has 2 unspecified atom stereocenters. The second-order valence-electron chi connectivity index (χ2n) is 17.4. The first-order chi connectivity index (χ1) is 27.6. The Morgan fingerprint density at radius 2 is 0.821 bits per heavy atom. The molecular formula is C50H101NO5. The Kier molecular flexibility index (Phi) is 46.4. The van der Waals surface area contributed by atoms with E-state index in [1.807, 2.05) is 0 Å². The lowest BCUT2D eigenvalue weighted by molar-refractivity contribution is -0.145. The van der Waals surface area contributed by atoms with Gasteiger partial charge in [-0.2, -0.15) is 0 Å². The molecule has 6 nitrogen and oxygen atoms in total. The van der Waals surface area contributed by atoms with Crippen LogP contribution >= 0.6 is 0 Å². The first-order valence-electron chi connectivity index (χ1n) is 25.2. The number of carbonyl (C=O) groups excluding carboxylic acids is 1. The van der Waals surface area contributed by atoms with E-state index in [2.05, 4.69) is 32.6 Å². The van der Waals surface area contributed by atoms with Crippen molar-refractivity contribution in [2.45, 2.75) is 246 Å². The molecule has 0 aromatic heterocycles. The fourth-order valence-electron chi connectivity index (χ4n) is 8.14. The van der Waals surface area contributed by atoms with Gasteiger partial charge in [-0.15, -0.1) is 0 Å². The van der Waals surface area contributed by atoms with Crippen molar-refractivity contribution in [3.63, 3.8) is 0 Å². The maximum atomic E-state index is 12.7. The molecule has 0 saturated carbocycles. The van der Waals surface area contributed by atoms with Gasteiger partial charge in [0.1, 0.15) is 0 Å². The van der Waals surface area contributed by atoms with E-state index in [0.717, 1.165) is 51.6 Å². The number of aliphatic hydroxyl groups excluding tert-OH is 1. The number of rotatable bonds is 48. The number of ether oxygens (including phenoxy) is 3. The molecule has 0 spiro atoms. The molecule has 0 aliphatic carbocycles. The van der Waals surface area contributed by atoms with Gasteiger partial charge in [0, 0.05) is 26.2 Å². The van der Waals surface area contributed by atoms with Crippen LogP contribution in [0.5, 0.6) is 0 Å². The van der Waals surface area contributed by atoms with Crippen LogP contribution in [-0.4, -0.2) is 75.3 Å². The SMILES string of the molecule is CCCCCCCCC(CCCCCC)CCOCCCCCCN(CCCCCCOC(=O)CC(CCCCCC)CCCCCCCC)CCOCCO. The molecule has 336 valence electrons. The zero-order valence-corrected chi connectivity index (χ0v) is 38.6. The van der Waals surface area contributed by atoms with Crippen molar-refractivity contribution in [1.82, 2.24) is 4.90 Å². The Hall–Kier alpha value is -0.690. The van der Waals surface area contributed by atoms with Crippen molar-refractivity contribution in [3.05, 3.63) is 0 Å². The molecule has 0 radical (unpaired) electrons. The Morgan fingerprint density at radius 3 is 1.34 bits per heavy atom. The third-order valence-corrected chi connectivity index (χ3v) is 11.9. The van der Waals surface area contributed by atoms with E-state index in [9.17, 15) is 4.79 Å². The predicted octanol–water partition coefficient (Wildman–Crippen LogP) is 14.4. The summed E-state index contributed by atoms with van der Waals surface area (Å²) >= 11 is 0. The van der Waals surface area contributed by atoms with Gasteiger partial charge in [-0.1, -0.05) is 195 Å². The van der Waals surface area contributed by atoms with Crippen LogP contribution in [0, 0.1) is 11.8 Å². The van der Waals surface area contributed by atoms with Gasteiger partial charge in [-0.05, 0) is 69.9 Å². The van der Waals surface area contributed by atoms with Crippen molar-refractivity contribution in [2.75, 3.05) is 59.3 Å². The number of hydrogen-bond donors (Lipinski definition) is 1. The first-order valence-corrected chi connectivity index (χ1v) is 25.2. The van der Waals surface area contributed by atoms with Gasteiger partial charge >= 0.3 is 5.97 Å². The second kappa shape index (κ2) is 47.0. The van der Waals surface area contributed by atoms with Crippen LogP contribution in [-0.2, 0) is 19.0 Å². The van der Waals surface area contributed by atoms with E-state index in [-0.39, 0.29) is 12.6 Å². The van der Waals surface area contributed by atoms with Crippen molar-refractivity contribution in [2.24, 2.45) is 11.8 Å². The second-order valence-corrected chi connectivity index (χ2v) is 17.4. The zero-order valence-electron chi connectivity index (χ0n) is 38.6. The summed E-state index contributed by atoms with van der Waals surface area (Å²) in [5.41, 5.74) is 0. The molecule has 0 aliphatic heterocycles. The highest BCUT2D eigenvalue weighted by atomic mass is 16.5. The number of carbonyl (C=O) groups is 1. The Morgan fingerprint density at radius 1 is 0.411 bits per heavy atom. The maximum absolute atomic E-state index is 12.7. The summed E-state index contributed by atoms with van der Waals surface area (Å²) in [5.74, 6) is 1.38. The first kappa shape index (κ1) is 55.3. The Balaban J connectivity index is 4.26. The summed E-state index contributed by atoms with van der Waals surface area (Å²) in [6.07, 6.45) is 43.2. The average Bonchev–Trinajstić information content (AvgIpc) is 3.20. The van der Waals surface area contributed by atoms with Gasteiger partial charge in [0.15, 0.2) is 0 Å². The summed E-state index contributed by atoms with van der Waals surface area (Å²) in [7, 11) is 0. The molecule has 2 atom stereocenters. The van der Waals surface area contributed by atoms with E-state index < -0.39 is 0 Å². The third-order valence-electron chi connectivity index (χ3n) is 11.9. The highest BCUT2D eigenvalue weighted by Crippen LogP contribution is 2.24. The summed E-state index contributed by atoms with van der Waals surface area (Å²) < 4.78 is 17.5. The van der Waals surface area contributed by atoms with E-state index in [1.54, 1.807) is 0 Å². The fraction of sp³-hybridized carbons (Fsp3) is 0.980. The molecule has 0 saturated heterocycles. The molecule has 0 fully saturated rings. The summed E-state index contributed by atoms with van der Waals surface area (Å²) in [5, 5.41) is 9.12. The number of esters is 1. The monoisotopic (exact) mass is 796 g/mol. The minimum atomic E-state index is 0.0256. The van der Waals surface area contributed by atoms with Crippen LogP contribution in [0.15, 0.2) is 0 Å². The Labute approximate surface area is 351 Å². The van der Waals surface area contributed by atoms with Gasteiger partial charge in [-0.3, -0.25) is 4.79 Å². The molecule has 1 N–H and O–H groups in total. The summed E-state index contributed by atoms with van der Waals surface area (Å²) in [6.45, 7) is 15.9. The van der Waals surface area contributed by atoms with Crippen molar-refractivity contribution in [3.8, 4) is 0 Å². The number of unbranched alkanes of at least 4 members (excludes halogenated alkanes) is 22. The number of hydrogen-bond acceptors (Lipinski definition) is 6. The van der Waals surface area contributed by atoms with Crippen LogP contribution in [0.25, 0.3) is 0 Å². The van der Waals surface area contributed by atoms with E-state index >= 15 is 0 Å². The summed E-state index contributed by atoms with van der Waals surface area (Å²) in [4.78, 5) is 15.3. The quantitative estimate of drug-likeness (QED) is 0.0489. The van der Waals surface area contributed by atoms with Crippen molar-refractivity contribution >= 4 is 5.97 Å². The van der Waals surface area contributed by atoms with E-state index in [1.165, 1.54) is 199 Å². The Bertz CT molecular complexity index is 751. The molecule has 0 heterocycles. The minimum absolute atomic E-state index is 0.0256. The van der Waals surface area contributed by atoms with Gasteiger partial charge in [-0.25, -0.2) is 0 Å². The average molecular weight is 796 g/mol. The van der Waals surface area contributed by atoms with Crippen molar-refractivity contribution < 1.29 is 24.1 Å². The normalized spacial score (nSPS) is 12.8. The van der Waals surface area contributed by atoms with Crippen LogP contribution in [0.4, 0.5) is 0 Å². The maximum Gasteiger partial charge on any atom is 0.306 e. The van der Waals surface area contributed by atoms with Gasteiger partial charge in [0.05, 0.1) is 26.4 Å². The minimum Gasteiger partial charge on any atom is -0.466 e. The lowest BCUT2D eigenvalue weighted by atomic mass is 9.91. The molecular weight excluding hydrogens is 695 g/mol. The molecule has 0 aromatic carbocycles.